The smallest absolute Gasteiger partial charge is 0.234 e. The fraction of sp³-hybridized carbons (Fsp3) is 0.316. The van der Waals surface area contributed by atoms with Crippen molar-refractivity contribution >= 4 is 23.4 Å². The number of halogens is 1. The van der Waals surface area contributed by atoms with Crippen LogP contribution in [0.4, 0.5) is 10.1 Å². The first kappa shape index (κ1) is 18.7. The summed E-state index contributed by atoms with van der Waals surface area (Å²) in [5.74, 6) is 0.491. The van der Waals surface area contributed by atoms with Crippen LogP contribution < -0.4 is 5.32 Å². The van der Waals surface area contributed by atoms with Crippen molar-refractivity contribution in [2.75, 3.05) is 17.7 Å². The largest absolute Gasteiger partial charge is 0.461 e. The summed E-state index contributed by atoms with van der Waals surface area (Å²) in [7, 11) is 0. The minimum atomic E-state index is -0.470. The number of anilines is 1. The fourth-order valence-corrected chi connectivity index (χ4v) is 3.77. The van der Waals surface area contributed by atoms with Crippen molar-refractivity contribution in [3.8, 4) is 11.6 Å². The Morgan fingerprint density at radius 2 is 2.18 bits per heavy atom. The van der Waals surface area contributed by atoms with Gasteiger partial charge in [-0.05, 0) is 37.1 Å². The van der Waals surface area contributed by atoms with E-state index in [1.807, 2.05) is 10.6 Å². The van der Waals surface area contributed by atoms with Gasteiger partial charge in [-0.2, -0.15) is 0 Å². The van der Waals surface area contributed by atoms with Crippen LogP contribution in [0.25, 0.3) is 11.6 Å². The Hall–Kier alpha value is -2.65. The topological polar surface area (TPSA) is 82.2 Å². The average molecular weight is 402 g/mol. The molecule has 1 aliphatic heterocycles. The molecule has 1 amide bonds. The van der Waals surface area contributed by atoms with E-state index in [1.54, 1.807) is 24.5 Å². The van der Waals surface area contributed by atoms with E-state index in [-0.39, 0.29) is 23.5 Å². The molecule has 1 aliphatic rings. The van der Waals surface area contributed by atoms with Gasteiger partial charge in [0.15, 0.2) is 10.9 Å². The molecule has 4 rings (SSSR count). The predicted molar refractivity (Wildman–Crippen MR) is 102 cm³/mol. The molecule has 1 atom stereocenters. The number of amides is 1. The first-order valence-corrected chi connectivity index (χ1v) is 9.95. The fourth-order valence-electron chi connectivity index (χ4n) is 3.02. The summed E-state index contributed by atoms with van der Waals surface area (Å²) in [6.07, 6.45) is 3.65. The van der Waals surface area contributed by atoms with Gasteiger partial charge in [-0.15, -0.1) is 10.2 Å². The van der Waals surface area contributed by atoms with Crippen LogP contribution >= 0.6 is 11.8 Å². The van der Waals surface area contributed by atoms with Crippen LogP contribution in [0.15, 0.2) is 52.2 Å². The number of furan rings is 1. The molecule has 2 aromatic heterocycles. The summed E-state index contributed by atoms with van der Waals surface area (Å²) in [4.78, 5) is 12.2. The molecule has 1 saturated heterocycles. The van der Waals surface area contributed by atoms with Crippen molar-refractivity contribution in [2.45, 2.75) is 30.6 Å². The lowest BCUT2D eigenvalue weighted by Gasteiger charge is -2.14. The first-order valence-electron chi connectivity index (χ1n) is 8.96. The third kappa shape index (κ3) is 4.26. The quantitative estimate of drug-likeness (QED) is 0.608. The van der Waals surface area contributed by atoms with E-state index in [2.05, 4.69) is 15.5 Å². The third-order valence-corrected chi connectivity index (χ3v) is 5.32. The molecule has 146 valence electrons. The van der Waals surface area contributed by atoms with Gasteiger partial charge in [0.05, 0.1) is 30.4 Å². The van der Waals surface area contributed by atoms with Crippen molar-refractivity contribution < 1.29 is 18.3 Å². The molecule has 0 bridgehead atoms. The maximum absolute atomic E-state index is 13.7. The molecule has 0 radical (unpaired) electrons. The second-order valence-corrected chi connectivity index (χ2v) is 7.29. The zero-order valence-electron chi connectivity index (χ0n) is 15.0. The van der Waals surface area contributed by atoms with Gasteiger partial charge in [-0.1, -0.05) is 23.9 Å². The lowest BCUT2D eigenvalue weighted by Crippen LogP contribution is -2.18. The number of rotatable bonds is 7. The molecule has 0 aliphatic carbocycles. The average Bonchev–Trinajstić information content (AvgIpc) is 3.44. The van der Waals surface area contributed by atoms with Crippen molar-refractivity contribution in [1.29, 1.82) is 0 Å². The number of ether oxygens (including phenoxy) is 1. The maximum Gasteiger partial charge on any atom is 0.234 e. The Bertz CT molecular complexity index is 939. The summed E-state index contributed by atoms with van der Waals surface area (Å²) in [6, 6.07) is 9.66. The van der Waals surface area contributed by atoms with E-state index in [1.165, 1.54) is 23.9 Å². The van der Waals surface area contributed by atoms with E-state index < -0.39 is 5.82 Å². The third-order valence-electron chi connectivity index (χ3n) is 4.35. The minimum absolute atomic E-state index is 0.0795. The highest BCUT2D eigenvalue weighted by Gasteiger charge is 2.23. The van der Waals surface area contributed by atoms with Gasteiger partial charge in [0.25, 0.3) is 0 Å². The molecular formula is C19H19FN4O3S. The van der Waals surface area contributed by atoms with Gasteiger partial charge in [-0.25, -0.2) is 4.39 Å². The SMILES string of the molecule is O=C(CSc1nnc(-c2ccco2)n1C[C@@H]1CCCO1)Nc1ccccc1F. The second-order valence-electron chi connectivity index (χ2n) is 6.35. The molecule has 1 fully saturated rings. The van der Waals surface area contributed by atoms with Gasteiger partial charge in [0.2, 0.25) is 11.7 Å². The standard InChI is InChI=1S/C19H19FN4O3S/c20-14-6-1-2-7-15(14)21-17(25)12-28-19-23-22-18(16-8-4-10-27-16)24(19)11-13-5-3-9-26-13/h1-2,4,6-8,10,13H,3,5,9,11-12H2,(H,21,25)/t13-/m0/s1. The molecule has 3 aromatic rings. The van der Waals surface area contributed by atoms with E-state index in [4.69, 9.17) is 9.15 Å². The number of benzene rings is 1. The van der Waals surface area contributed by atoms with Crippen molar-refractivity contribution in [3.05, 3.63) is 48.5 Å². The lowest BCUT2D eigenvalue weighted by molar-refractivity contribution is -0.113. The lowest BCUT2D eigenvalue weighted by atomic mass is 10.2. The normalized spacial score (nSPS) is 16.4. The summed E-state index contributed by atoms with van der Waals surface area (Å²) in [6.45, 7) is 1.33. The second kappa shape index (κ2) is 8.57. The van der Waals surface area contributed by atoms with Gasteiger partial charge < -0.3 is 14.5 Å². The Balaban J connectivity index is 1.47. The number of para-hydroxylation sites is 1. The number of carbonyl (C=O) groups is 1. The number of nitrogens with zero attached hydrogens (tertiary/aromatic N) is 3. The van der Waals surface area contributed by atoms with Crippen LogP contribution in [0.5, 0.6) is 0 Å². The van der Waals surface area contributed by atoms with E-state index >= 15 is 0 Å². The highest BCUT2D eigenvalue weighted by molar-refractivity contribution is 7.99. The molecule has 9 heteroatoms. The monoisotopic (exact) mass is 402 g/mol. The van der Waals surface area contributed by atoms with E-state index in [0.29, 0.717) is 23.3 Å². The summed E-state index contributed by atoms with van der Waals surface area (Å²) >= 11 is 1.24. The number of carbonyl (C=O) groups excluding carboxylic acids is 1. The van der Waals surface area contributed by atoms with Crippen LogP contribution in [0.2, 0.25) is 0 Å². The maximum atomic E-state index is 13.7. The Labute approximate surface area is 165 Å². The number of thioether (sulfide) groups is 1. The highest BCUT2D eigenvalue weighted by atomic mass is 32.2. The Kier molecular flexibility index (Phi) is 5.73. The molecule has 28 heavy (non-hydrogen) atoms. The molecular weight excluding hydrogens is 383 g/mol. The van der Waals surface area contributed by atoms with Crippen molar-refractivity contribution in [2.24, 2.45) is 0 Å². The van der Waals surface area contributed by atoms with Gasteiger partial charge in [0, 0.05) is 6.61 Å². The van der Waals surface area contributed by atoms with Gasteiger partial charge >= 0.3 is 0 Å². The van der Waals surface area contributed by atoms with Crippen molar-refractivity contribution in [1.82, 2.24) is 14.8 Å². The summed E-state index contributed by atoms with van der Waals surface area (Å²) in [5, 5.41) is 11.6. The molecule has 0 saturated carbocycles. The molecule has 1 N–H and O–H groups in total. The zero-order valence-corrected chi connectivity index (χ0v) is 15.8. The number of aromatic nitrogens is 3. The van der Waals surface area contributed by atoms with Crippen LogP contribution in [-0.2, 0) is 16.1 Å². The number of hydrogen-bond acceptors (Lipinski definition) is 6. The number of nitrogens with one attached hydrogen (secondary N) is 1. The summed E-state index contributed by atoms with van der Waals surface area (Å²) < 4.78 is 26.8. The Morgan fingerprint density at radius 1 is 1.29 bits per heavy atom. The van der Waals surface area contributed by atoms with Crippen LogP contribution in [0.1, 0.15) is 12.8 Å². The molecule has 7 nitrogen and oxygen atoms in total. The van der Waals surface area contributed by atoms with Crippen LogP contribution in [0, 0.1) is 5.82 Å². The van der Waals surface area contributed by atoms with Crippen LogP contribution in [-0.4, -0.2) is 39.1 Å². The van der Waals surface area contributed by atoms with E-state index in [9.17, 15) is 9.18 Å². The summed E-state index contributed by atoms with van der Waals surface area (Å²) in [5.41, 5.74) is 0.158. The first-order chi connectivity index (χ1) is 13.7. The van der Waals surface area contributed by atoms with Crippen LogP contribution in [0.3, 0.4) is 0 Å². The van der Waals surface area contributed by atoms with Gasteiger partial charge in [-0.3, -0.25) is 9.36 Å². The zero-order chi connectivity index (χ0) is 19.3. The highest BCUT2D eigenvalue weighted by Crippen LogP contribution is 2.27. The molecule has 1 aromatic carbocycles. The number of hydrogen-bond donors (Lipinski definition) is 1. The predicted octanol–water partition coefficient (Wildman–Crippen LogP) is 3.59. The molecule has 3 heterocycles. The molecule has 0 spiro atoms. The van der Waals surface area contributed by atoms with Gasteiger partial charge in [0.1, 0.15) is 5.82 Å². The van der Waals surface area contributed by atoms with E-state index in [0.717, 1.165) is 19.4 Å². The van der Waals surface area contributed by atoms with Crippen molar-refractivity contribution in [3.63, 3.8) is 0 Å². The Morgan fingerprint density at radius 3 is 2.93 bits per heavy atom. The molecule has 0 unspecified atom stereocenters. The minimum Gasteiger partial charge on any atom is -0.461 e.